The largest absolute Gasteiger partial charge is 0.286 e. The monoisotopic (exact) mass is 167 g/mol. The van der Waals surface area contributed by atoms with Crippen LogP contribution in [0.5, 0.6) is 0 Å². The second-order valence-corrected chi connectivity index (χ2v) is 2.62. The molecule has 0 unspecified atom stereocenters. The highest BCUT2D eigenvalue weighted by Gasteiger charge is 2.03. The van der Waals surface area contributed by atoms with Gasteiger partial charge in [-0.1, -0.05) is 31.7 Å². The van der Waals surface area contributed by atoms with Gasteiger partial charge in [0.2, 0.25) is 0 Å². The van der Waals surface area contributed by atoms with Crippen molar-refractivity contribution in [2.24, 2.45) is 11.1 Å². The molecule has 0 saturated heterocycles. The van der Waals surface area contributed by atoms with E-state index in [1.54, 1.807) is 6.08 Å². The summed E-state index contributed by atoms with van der Waals surface area (Å²) in [6.45, 7) is 5.49. The van der Waals surface area contributed by atoms with Gasteiger partial charge in [0, 0.05) is 11.6 Å². The normalized spacial score (nSPS) is 12.8. The smallest absolute Gasteiger partial charge is 0.269 e. The number of carbonyl (C=O) groups excluding carboxylic acids is 1. The zero-order valence-corrected chi connectivity index (χ0v) is 7.19. The Morgan fingerprint density at radius 1 is 1.67 bits per heavy atom. The molecule has 0 N–H and O–H groups in total. The molecule has 0 aliphatic heterocycles. The van der Waals surface area contributed by atoms with Crippen molar-refractivity contribution in [3.63, 3.8) is 0 Å². The molecule has 0 fully saturated rings. The van der Waals surface area contributed by atoms with Crippen molar-refractivity contribution < 1.29 is 4.79 Å². The molecular weight excluding hydrogens is 154 g/mol. The first kappa shape index (κ1) is 10.8. The summed E-state index contributed by atoms with van der Waals surface area (Å²) in [5.41, 5.74) is 0. The summed E-state index contributed by atoms with van der Waals surface area (Å²) in [4.78, 5) is 20.2. The van der Waals surface area contributed by atoms with Crippen molar-refractivity contribution >= 4 is 5.91 Å². The quantitative estimate of drug-likeness (QED) is 0.466. The third-order valence-corrected chi connectivity index (χ3v) is 1.49. The molecule has 3 nitrogen and oxygen atoms in total. The average molecular weight is 167 g/mol. The van der Waals surface area contributed by atoms with Crippen molar-refractivity contribution in [1.29, 1.82) is 0 Å². The molecule has 0 bridgehead atoms. The Bertz CT molecular complexity index is 197. The summed E-state index contributed by atoms with van der Waals surface area (Å²) in [6.07, 6.45) is 6.33. The molecular formula is C9H13NO2. The summed E-state index contributed by atoms with van der Waals surface area (Å²) >= 11 is 0. The predicted molar refractivity (Wildman–Crippen MR) is 48.5 cm³/mol. The van der Waals surface area contributed by atoms with E-state index >= 15 is 0 Å². The van der Waals surface area contributed by atoms with Crippen molar-refractivity contribution in [3.8, 4) is 0 Å². The Hall–Kier alpha value is -1.25. The van der Waals surface area contributed by atoms with Crippen LogP contribution in [0.1, 0.15) is 19.8 Å². The predicted octanol–water partition coefficient (Wildman–Crippen LogP) is 2.44. The first-order chi connectivity index (χ1) is 5.70. The van der Waals surface area contributed by atoms with E-state index in [0.717, 1.165) is 0 Å². The fraction of sp³-hybridized carbons (Fsp3) is 0.444. The molecule has 0 aromatic heterocycles. The highest BCUT2D eigenvalue weighted by molar-refractivity contribution is 5.76. The summed E-state index contributed by atoms with van der Waals surface area (Å²) in [6, 6.07) is 0. The van der Waals surface area contributed by atoms with Gasteiger partial charge in [-0.2, -0.15) is 0 Å². The molecule has 1 amide bonds. The minimum Gasteiger partial charge on any atom is -0.269 e. The van der Waals surface area contributed by atoms with E-state index in [4.69, 9.17) is 0 Å². The minimum atomic E-state index is -0.575. The molecule has 0 rings (SSSR count). The highest BCUT2D eigenvalue weighted by atomic mass is 16.3. The Morgan fingerprint density at radius 2 is 2.33 bits per heavy atom. The first-order valence-corrected chi connectivity index (χ1v) is 3.86. The van der Waals surface area contributed by atoms with Gasteiger partial charge in [-0.15, -0.1) is 4.91 Å². The number of hydrogen-bond donors (Lipinski definition) is 0. The molecule has 1 atom stereocenters. The number of allylic oxidation sites excluding steroid dienone is 3. The zero-order valence-electron chi connectivity index (χ0n) is 7.19. The van der Waals surface area contributed by atoms with Crippen LogP contribution in [0.15, 0.2) is 30.0 Å². The standard InChI is InChI=1S/C9H13NO2/c1-3-4-5-8(2)6-7-9(11)10-12/h3-5,8H,1,6-7H2,2H3/b5-4+/t8-/m0/s1. The van der Waals surface area contributed by atoms with Crippen molar-refractivity contribution in [3.05, 3.63) is 29.7 Å². The Kier molecular flexibility index (Phi) is 5.79. The Balaban J connectivity index is 3.62. The van der Waals surface area contributed by atoms with E-state index < -0.39 is 5.91 Å². The minimum absolute atomic E-state index is 0.228. The Morgan fingerprint density at radius 3 is 2.83 bits per heavy atom. The molecule has 3 heteroatoms. The van der Waals surface area contributed by atoms with Gasteiger partial charge in [-0.25, -0.2) is 0 Å². The molecule has 12 heavy (non-hydrogen) atoms. The van der Waals surface area contributed by atoms with Crippen molar-refractivity contribution in [2.45, 2.75) is 19.8 Å². The average Bonchev–Trinajstić information content (AvgIpc) is 2.10. The number of hydrogen-bond acceptors (Lipinski definition) is 2. The third kappa shape index (κ3) is 5.53. The van der Waals surface area contributed by atoms with E-state index in [-0.39, 0.29) is 12.3 Å². The van der Waals surface area contributed by atoms with Crippen LogP contribution in [0.4, 0.5) is 0 Å². The molecule has 0 aromatic carbocycles. The number of rotatable bonds is 5. The summed E-state index contributed by atoms with van der Waals surface area (Å²) in [5.74, 6) is -0.289. The van der Waals surface area contributed by atoms with Gasteiger partial charge < -0.3 is 0 Å². The molecule has 0 radical (unpaired) electrons. The van der Waals surface area contributed by atoms with Gasteiger partial charge in [0.15, 0.2) is 0 Å². The van der Waals surface area contributed by atoms with Gasteiger partial charge in [0.05, 0.1) is 0 Å². The van der Waals surface area contributed by atoms with Crippen LogP contribution in [0.3, 0.4) is 0 Å². The molecule has 0 heterocycles. The number of amides is 1. The summed E-state index contributed by atoms with van der Waals surface area (Å²) < 4.78 is 0. The van der Waals surface area contributed by atoms with Gasteiger partial charge >= 0.3 is 0 Å². The van der Waals surface area contributed by atoms with Crippen LogP contribution in [0.25, 0.3) is 0 Å². The second-order valence-electron chi connectivity index (χ2n) is 2.62. The van der Waals surface area contributed by atoms with Gasteiger partial charge in [-0.05, 0) is 12.3 Å². The molecule has 66 valence electrons. The molecule has 0 aromatic rings. The van der Waals surface area contributed by atoms with Crippen LogP contribution < -0.4 is 0 Å². The zero-order chi connectivity index (χ0) is 9.40. The van der Waals surface area contributed by atoms with Gasteiger partial charge in [-0.3, -0.25) is 4.79 Å². The lowest BCUT2D eigenvalue weighted by atomic mass is 10.1. The maximum absolute atomic E-state index is 10.5. The molecule has 0 spiro atoms. The fourth-order valence-electron chi connectivity index (χ4n) is 0.761. The number of carbonyl (C=O) groups is 1. The maximum Gasteiger partial charge on any atom is 0.286 e. The van der Waals surface area contributed by atoms with E-state index in [1.165, 1.54) is 0 Å². The van der Waals surface area contributed by atoms with E-state index in [9.17, 15) is 9.70 Å². The lowest BCUT2D eigenvalue weighted by Crippen LogP contribution is -1.96. The van der Waals surface area contributed by atoms with E-state index in [2.05, 4.69) is 11.8 Å². The third-order valence-electron chi connectivity index (χ3n) is 1.49. The van der Waals surface area contributed by atoms with Crippen LogP contribution in [0.2, 0.25) is 0 Å². The van der Waals surface area contributed by atoms with E-state index in [1.807, 2.05) is 19.1 Å². The summed E-state index contributed by atoms with van der Waals surface area (Å²) in [5, 5.41) is 2.31. The van der Waals surface area contributed by atoms with Gasteiger partial charge in [0.25, 0.3) is 5.91 Å². The summed E-state index contributed by atoms with van der Waals surface area (Å²) in [7, 11) is 0. The van der Waals surface area contributed by atoms with Crippen LogP contribution in [-0.4, -0.2) is 5.91 Å². The number of nitroso groups, excluding NO2 is 1. The lowest BCUT2D eigenvalue weighted by Gasteiger charge is -2.00. The second kappa shape index (κ2) is 6.46. The van der Waals surface area contributed by atoms with Crippen LogP contribution in [0, 0.1) is 10.8 Å². The lowest BCUT2D eigenvalue weighted by molar-refractivity contribution is -0.118. The maximum atomic E-state index is 10.5. The van der Waals surface area contributed by atoms with Crippen molar-refractivity contribution in [2.75, 3.05) is 0 Å². The first-order valence-electron chi connectivity index (χ1n) is 3.86. The topological polar surface area (TPSA) is 46.5 Å². The molecule has 0 aliphatic carbocycles. The highest BCUT2D eigenvalue weighted by Crippen LogP contribution is 2.07. The van der Waals surface area contributed by atoms with E-state index in [0.29, 0.717) is 6.42 Å². The van der Waals surface area contributed by atoms with Crippen molar-refractivity contribution in [1.82, 2.24) is 0 Å². The molecule has 0 aliphatic rings. The molecule has 0 saturated carbocycles. The van der Waals surface area contributed by atoms with Gasteiger partial charge in [0.1, 0.15) is 0 Å². The number of nitrogens with zero attached hydrogens (tertiary/aromatic N) is 1. The SMILES string of the molecule is C=C/C=C/[C@H](C)CCC(=O)N=O. The van der Waals surface area contributed by atoms with Crippen LogP contribution >= 0.6 is 0 Å². The van der Waals surface area contributed by atoms with Crippen LogP contribution in [-0.2, 0) is 4.79 Å². The fourth-order valence-corrected chi connectivity index (χ4v) is 0.761. The Labute approximate surface area is 72.1 Å².